The average Bonchev–Trinajstić information content (AvgIpc) is 3.03. The third-order valence-corrected chi connectivity index (χ3v) is 5.43. The lowest BCUT2D eigenvalue weighted by molar-refractivity contribution is -0.120. The van der Waals surface area contributed by atoms with Gasteiger partial charge in [0.2, 0.25) is 11.8 Å². The summed E-state index contributed by atoms with van der Waals surface area (Å²) >= 11 is 6.41. The number of fused-ring (bicyclic) bond motifs is 1. The second-order valence-electron chi connectivity index (χ2n) is 7.71. The van der Waals surface area contributed by atoms with Crippen LogP contribution in [-0.4, -0.2) is 46.0 Å². The van der Waals surface area contributed by atoms with Gasteiger partial charge in [0.15, 0.2) is 11.4 Å². The van der Waals surface area contributed by atoms with Crippen LogP contribution in [0.15, 0.2) is 39.9 Å². The van der Waals surface area contributed by atoms with Crippen LogP contribution in [0.25, 0.3) is 16.8 Å². The summed E-state index contributed by atoms with van der Waals surface area (Å²) in [4.78, 5) is 31.8. The molecule has 0 unspecified atom stereocenters. The SMILES string of the molecule is CC(=O)N[C@@H](C)COC1CC(COc2ncnc(-n3oc4ccccc4c3=O)c2Cl)C1. The highest BCUT2D eigenvalue weighted by Crippen LogP contribution is 2.32. The molecule has 1 aromatic carbocycles. The van der Waals surface area contributed by atoms with Gasteiger partial charge < -0.3 is 19.3 Å². The molecule has 1 fully saturated rings. The lowest BCUT2D eigenvalue weighted by atomic mass is 9.83. The number of ether oxygens (including phenoxy) is 2. The van der Waals surface area contributed by atoms with Crippen LogP contribution in [0.3, 0.4) is 0 Å². The number of halogens is 1. The van der Waals surface area contributed by atoms with E-state index in [4.69, 9.17) is 25.6 Å². The normalized spacial score (nSPS) is 19.1. The van der Waals surface area contributed by atoms with Gasteiger partial charge >= 0.3 is 0 Å². The highest BCUT2D eigenvalue weighted by molar-refractivity contribution is 6.33. The van der Waals surface area contributed by atoms with E-state index in [2.05, 4.69) is 15.3 Å². The van der Waals surface area contributed by atoms with Gasteiger partial charge in [-0.1, -0.05) is 23.7 Å². The Hall–Kier alpha value is -2.91. The summed E-state index contributed by atoms with van der Waals surface area (Å²) in [6.07, 6.45) is 3.14. The average molecular weight is 447 g/mol. The van der Waals surface area contributed by atoms with Gasteiger partial charge in [-0.05, 0) is 37.8 Å². The predicted molar refractivity (Wildman–Crippen MR) is 114 cm³/mol. The van der Waals surface area contributed by atoms with Crippen LogP contribution >= 0.6 is 11.6 Å². The molecule has 0 saturated heterocycles. The predicted octanol–water partition coefficient (Wildman–Crippen LogP) is 2.73. The van der Waals surface area contributed by atoms with Crippen molar-refractivity contribution in [2.75, 3.05) is 13.2 Å². The zero-order valence-corrected chi connectivity index (χ0v) is 18.0. The van der Waals surface area contributed by atoms with Crippen molar-refractivity contribution in [1.29, 1.82) is 0 Å². The quantitative estimate of drug-likeness (QED) is 0.566. The van der Waals surface area contributed by atoms with Gasteiger partial charge in [-0.3, -0.25) is 9.59 Å². The summed E-state index contributed by atoms with van der Waals surface area (Å²) in [6, 6.07) is 6.90. The number of amides is 1. The van der Waals surface area contributed by atoms with Gasteiger partial charge in [-0.2, -0.15) is 0 Å². The summed E-state index contributed by atoms with van der Waals surface area (Å²) in [7, 11) is 0. The first-order chi connectivity index (χ1) is 14.9. The van der Waals surface area contributed by atoms with Gasteiger partial charge in [-0.15, -0.1) is 4.74 Å². The van der Waals surface area contributed by atoms with Crippen molar-refractivity contribution in [3.63, 3.8) is 0 Å². The Bertz CT molecular complexity index is 1140. The van der Waals surface area contributed by atoms with E-state index in [0.717, 1.165) is 17.6 Å². The molecule has 0 radical (unpaired) electrons. The molecule has 1 aliphatic carbocycles. The van der Waals surface area contributed by atoms with Crippen LogP contribution in [0.4, 0.5) is 0 Å². The van der Waals surface area contributed by atoms with Crippen molar-refractivity contribution in [2.45, 2.75) is 38.8 Å². The van der Waals surface area contributed by atoms with E-state index in [1.165, 1.54) is 13.3 Å². The molecule has 2 aromatic heterocycles. The summed E-state index contributed by atoms with van der Waals surface area (Å²) in [5.74, 6) is 0.573. The fourth-order valence-electron chi connectivity index (χ4n) is 3.51. The maximum Gasteiger partial charge on any atom is 0.296 e. The number of aromatic nitrogens is 3. The van der Waals surface area contributed by atoms with Gasteiger partial charge in [-0.25, -0.2) is 9.97 Å². The van der Waals surface area contributed by atoms with E-state index in [1.54, 1.807) is 24.3 Å². The van der Waals surface area contributed by atoms with Crippen molar-refractivity contribution < 1.29 is 18.8 Å². The number of carbonyl (C=O) groups is 1. The molecule has 1 aliphatic rings. The number of hydrogen-bond donors (Lipinski definition) is 1. The van der Waals surface area contributed by atoms with Crippen LogP contribution in [0.1, 0.15) is 26.7 Å². The lowest BCUT2D eigenvalue weighted by Crippen LogP contribution is -2.40. The van der Waals surface area contributed by atoms with E-state index >= 15 is 0 Å². The zero-order valence-electron chi connectivity index (χ0n) is 17.2. The van der Waals surface area contributed by atoms with E-state index in [9.17, 15) is 9.59 Å². The molecule has 1 amide bonds. The second kappa shape index (κ2) is 9.07. The number of carbonyl (C=O) groups excluding carboxylic acids is 1. The van der Waals surface area contributed by atoms with E-state index < -0.39 is 0 Å². The molecule has 0 bridgehead atoms. The fourth-order valence-corrected chi connectivity index (χ4v) is 3.74. The van der Waals surface area contributed by atoms with Crippen molar-refractivity contribution in [1.82, 2.24) is 20.0 Å². The molecule has 9 nitrogen and oxygen atoms in total. The minimum atomic E-state index is -0.352. The molecule has 1 saturated carbocycles. The van der Waals surface area contributed by atoms with Crippen molar-refractivity contribution >= 4 is 28.5 Å². The Morgan fingerprint density at radius 3 is 2.87 bits per heavy atom. The van der Waals surface area contributed by atoms with Crippen LogP contribution < -0.4 is 15.6 Å². The van der Waals surface area contributed by atoms with Crippen molar-refractivity contribution in [2.24, 2.45) is 5.92 Å². The number of nitrogens with zero attached hydrogens (tertiary/aromatic N) is 3. The summed E-state index contributed by atoms with van der Waals surface area (Å²) in [6.45, 7) is 4.29. The molecule has 31 heavy (non-hydrogen) atoms. The van der Waals surface area contributed by atoms with E-state index in [0.29, 0.717) is 30.1 Å². The molecular weight excluding hydrogens is 424 g/mol. The first-order valence-electron chi connectivity index (χ1n) is 10.1. The monoisotopic (exact) mass is 446 g/mol. The molecule has 0 spiro atoms. The Balaban J connectivity index is 1.34. The minimum Gasteiger partial charge on any atom is -0.476 e. The lowest BCUT2D eigenvalue weighted by Gasteiger charge is -2.35. The Kier molecular flexibility index (Phi) is 6.24. The van der Waals surface area contributed by atoms with Gasteiger partial charge in [0.05, 0.1) is 24.7 Å². The molecule has 0 aliphatic heterocycles. The summed E-state index contributed by atoms with van der Waals surface area (Å²) in [5, 5.41) is 3.34. The highest BCUT2D eigenvalue weighted by Gasteiger charge is 2.31. The van der Waals surface area contributed by atoms with Crippen molar-refractivity contribution in [3.8, 4) is 11.7 Å². The minimum absolute atomic E-state index is 0.0206. The maximum atomic E-state index is 12.6. The molecule has 1 N–H and O–H groups in total. The molecular formula is C21H23ClN4O5. The number of hydrogen-bond acceptors (Lipinski definition) is 7. The number of para-hydroxylation sites is 1. The number of benzene rings is 1. The Morgan fingerprint density at radius 1 is 1.35 bits per heavy atom. The molecule has 10 heteroatoms. The Labute approximate surface area is 183 Å². The zero-order chi connectivity index (χ0) is 22.0. The van der Waals surface area contributed by atoms with Crippen molar-refractivity contribution in [3.05, 3.63) is 46.0 Å². The first kappa shape index (κ1) is 21.3. The third-order valence-electron chi connectivity index (χ3n) is 5.10. The summed E-state index contributed by atoms with van der Waals surface area (Å²) < 4.78 is 18.2. The maximum absolute atomic E-state index is 12.6. The van der Waals surface area contributed by atoms with Gasteiger partial charge in [0.25, 0.3) is 5.56 Å². The van der Waals surface area contributed by atoms with Gasteiger partial charge in [0.1, 0.15) is 11.3 Å². The second-order valence-corrected chi connectivity index (χ2v) is 8.09. The fraction of sp³-hybridized carbons (Fsp3) is 0.429. The number of rotatable bonds is 8. The third kappa shape index (κ3) is 4.72. The number of nitrogens with one attached hydrogen (secondary N) is 1. The molecule has 164 valence electrons. The molecule has 4 rings (SSSR count). The van der Waals surface area contributed by atoms with Crippen LogP contribution in [-0.2, 0) is 9.53 Å². The van der Waals surface area contributed by atoms with E-state index in [1.807, 2.05) is 6.92 Å². The summed E-state index contributed by atoms with van der Waals surface area (Å²) in [5.41, 5.74) is 0.0904. The topological polar surface area (TPSA) is 108 Å². The van der Waals surface area contributed by atoms with Gasteiger partial charge in [0, 0.05) is 13.0 Å². The van der Waals surface area contributed by atoms with Crippen LogP contribution in [0.2, 0.25) is 5.02 Å². The molecule has 3 aromatic rings. The molecule has 2 heterocycles. The van der Waals surface area contributed by atoms with Crippen LogP contribution in [0, 0.1) is 5.92 Å². The Morgan fingerprint density at radius 2 is 2.13 bits per heavy atom. The molecule has 1 atom stereocenters. The first-order valence-corrected chi connectivity index (χ1v) is 10.4. The highest BCUT2D eigenvalue weighted by atomic mass is 35.5. The largest absolute Gasteiger partial charge is 0.476 e. The van der Waals surface area contributed by atoms with Crippen LogP contribution in [0.5, 0.6) is 5.88 Å². The van der Waals surface area contributed by atoms with E-state index in [-0.39, 0.29) is 40.3 Å². The standard InChI is InChI=1S/C21H23ClN4O5/c1-12(25-13(2)27)9-29-15-7-14(8-15)10-30-20-18(22)19(23-11-24-20)26-21(28)16-5-3-4-6-17(16)31-26/h3-6,11-12,14-15H,7-10H2,1-2H3,(H,25,27)/t12-,14?,15?/m0/s1. The smallest absolute Gasteiger partial charge is 0.296 e.